The Bertz CT molecular complexity index is 518. The van der Waals surface area contributed by atoms with Gasteiger partial charge in [0.15, 0.2) is 5.78 Å². The molecule has 2 atom stereocenters. The third-order valence-corrected chi connectivity index (χ3v) is 4.03. The Morgan fingerprint density at radius 1 is 1.50 bits per heavy atom. The molecule has 0 saturated carbocycles. The highest BCUT2D eigenvalue weighted by atomic mass is 79.9. The summed E-state index contributed by atoms with van der Waals surface area (Å²) in [6.07, 6.45) is 0.395. The molecular formula is C15H18BrNO3. The number of aliphatic hydroxyl groups excluding tert-OH is 1. The molecule has 1 amide bonds. The topological polar surface area (TPSA) is 57.6 Å². The predicted molar refractivity (Wildman–Crippen MR) is 79.5 cm³/mol. The minimum atomic E-state index is -0.424. The van der Waals surface area contributed by atoms with Crippen molar-refractivity contribution >= 4 is 27.6 Å². The number of rotatable bonds is 4. The van der Waals surface area contributed by atoms with Gasteiger partial charge in [0, 0.05) is 35.5 Å². The molecule has 0 aliphatic carbocycles. The number of likely N-dealkylation sites (tertiary alicyclic amines) is 1. The molecule has 20 heavy (non-hydrogen) atoms. The van der Waals surface area contributed by atoms with E-state index >= 15 is 0 Å². The summed E-state index contributed by atoms with van der Waals surface area (Å²) in [5.41, 5.74) is 0.612. The first-order valence-corrected chi connectivity index (χ1v) is 7.52. The van der Waals surface area contributed by atoms with Gasteiger partial charge in [0.2, 0.25) is 5.91 Å². The van der Waals surface area contributed by atoms with E-state index in [0.29, 0.717) is 25.1 Å². The lowest BCUT2D eigenvalue weighted by Crippen LogP contribution is -2.34. The molecule has 0 bridgehead atoms. The van der Waals surface area contributed by atoms with E-state index in [9.17, 15) is 14.7 Å². The number of hydrogen-bond donors (Lipinski definition) is 1. The van der Waals surface area contributed by atoms with Crippen LogP contribution in [0.25, 0.3) is 0 Å². The Morgan fingerprint density at radius 3 is 2.85 bits per heavy atom. The first-order chi connectivity index (χ1) is 9.47. The minimum absolute atomic E-state index is 0.0353. The van der Waals surface area contributed by atoms with E-state index in [1.165, 1.54) is 0 Å². The largest absolute Gasteiger partial charge is 0.391 e. The van der Waals surface area contributed by atoms with Crippen LogP contribution in [-0.2, 0) is 4.79 Å². The van der Waals surface area contributed by atoms with E-state index in [4.69, 9.17) is 0 Å². The van der Waals surface area contributed by atoms with Crippen LogP contribution in [0.2, 0.25) is 0 Å². The van der Waals surface area contributed by atoms with Gasteiger partial charge in [-0.25, -0.2) is 0 Å². The van der Waals surface area contributed by atoms with Gasteiger partial charge in [-0.15, -0.1) is 0 Å². The van der Waals surface area contributed by atoms with Crippen molar-refractivity contribution in [1.29, 1.82) is 0 Å². The van der Waals surface area contributed by atoms with Gasteiger partial charge in [0.25, 0.3) is 0 Å². The number of aliphatic hydroxyl groups is 1. The van der Waals surface area contributed by atoms with Gasteiger partial charge in [-0.2, -0.15) is 0 Å². The van der Waals surface area contributed by atoms with Gasteiger partial charge in [-0.05, 0) is 18.6 Å². The molecule has 1 saturated heterocycles. The fraction of sp³-hybridized carbons (Fsp3) is 0.467. The number of amides is 1. The van der Waals surface area contributed by atoms with Gasteiger partial charge in [-0.3, -0.25) is 9.59 Å². The SMILES string of the molecule is CC(CC(=O)c1cccc(Br)c1)C(=O)N1CC[C@@H](O)C1. The van der Waals surface area contributed by atoms with E-state index in [2.05, 4.69) is 15.9 Å². The molecule has 1 heterocycles. The predicted octanol–water partition coefficient (Wildman–Crippen LogP) is 2.25. The number of hydrogen-bond acceptors (Lipinski definition) is 3. The molecule has 1 fully saturated rings. The van der Waals surface area contributed by atoms with Crippen LogP contribution in [0.3, 0.4) is 0 Å². The smallest absolute Gasteiger partial charge is 0.225 e. The van der Waals surface area contributed by atoms with Crippen LogP contribution in [0, 0.1) is 5.92 Å². The van der Waals surface area contributed by atoms with Crippen LogP contribution in [0.15, 0.2) is 28.7 Å². The molecular weight excluding hydrogens is 322 g/mol. The third kappa shape index (κ3) is 3.67. The van der Waals surface area contributed by atoms with Gasteiger partial charge in [0.05, 0.1) is 6.10 Å². The molecule has 5 heteroatoms. The van der Waals surface area contributed by atoms with E-state index in [0.717, 1.165) is 4.47 Å². The zero-order chi connectivity index (χ0) is 14.7. The van der Waals surface area contributed by atoms with E-state index in [-0.39, 0.29) is 24.0 Å². The Hall–Kier alpha value is -1.20. The second kappa shape index (κ2) is 6.50. The number of carbonyl (C=O) groups excluding carboxylic acids is 2. The van der Waals surface area contributed by atoms with Crippen LogP contribution >= 0.6 is 15.9 Å². The van der Waals surface area contributed by atoms with Gasteiger partial charge in [-0.1, -0.05) is 35.0 Å². The van der Waals surface area contributed by atoms with E-state index in [1.54, 1.807) is 30.0 Å². The van der Waals surface area contributed by atoms with E-state index in [1.807, 2.05) is 6.07 Å². The summed E-state index contributed by atoms with van der Waals surface area (Å²) in [6.45, 7) is 2.73. The highest BCUT2D eigenvalue weighted by Crippen LogP contribution is 2.18. The zero-order valence-corrected chi connectivity index (χ0v) is 13.0. The van der Waals surface area contributed by atoms with Gasteiger partial charge >= 0.3 is 0 Å². The highest BCUT2D eigenvalue weighted by molar-refractivity contribution is 9.10. The van der Waals surface area contributed by atoms with Crippen molar-refractivity contribution in [2.75, 3.05) is 13.1 Å². The molecule has 2 rings (SSSR count). The number of nitrogens with zero attached hydrogens (tertiary/aromatic N) is 1. The van der Waals surface area contributed by atoms with Gasteiger partial charge in [0.1, 0.15) is 0 Å². The summed E-state index contributed by atoms with van der Waals surface area (Å²) in [7, 11) is 0. The molecule has 1 N–H and O–H groups in total. The van der Waals surface area contributed by atoms with Crippen LogP contribution in [0.5, 0.6) is 0 Å². The normalized spacial score (nSPS) is 19.9. The van der Waals surface area contributed by atoms with Crippen LogP contribution in [0.1, 0.15) is 30.1 Å². The fourth-order valence-corrected chi connectivity index (χ4v) is 2.80. The zero-order valence-electron chi connectivity index (χ0n) is 11.4. The first kappa shape index (κ1) is 15.2. The van der Waals surface area contributed by atoms with Crippen molar-refractivity contribution < 1.29 is 14.7 Å². The summed E-state index contributed by atoms with van der Waals surface area (Å²) < 4.78 is 0.852. The lowest BCUT2D eigenvalue weighted by atomic mass is 9.98. The molecule has 0 radical (unpaired) electrons. The Morgan fingerprint density at radius 2 is 2.25 bits per heavy atom. The fourth-order valence-electron chi connectivity index (χ4n) is 2.40. The van der Waals surface area contributed by atoms with Crippen molar-refractivity contribution in [2.24, 2.45) is 5.92 Å². The maximum atomic E-state index is 12.2. The molecule has 0 spiro atoms. The summed E-state index contributed by atoms with van der Waals surface area (Å²) in [5.74, 6) is -0.441. The Balaban J connectivity index is 1.95. The van der Waals surface area contributed by atoms with Crippen molar-refractivity contribution in [2.45, 2.75) is 25.9 Å². The molecule has 1 aromatic carbocycles. The second-order valence-electron chi connectivity index (χ2n) is 5.27. The number of ketones is 1. The summed E-state index contributed by atoms with van der Waals surface area (Å²) in [5, 5.41) is 9.45. The average molecular weight is 340 g/mol. The summed E-state index contributed by atoms with van der Waals surface area (Å²) in [4.78, 5) is 26.0. The molecule has 1 aliphatic heterocycles. The third-order valence-electron chi connectivity index (χ3n) is 3.53. The second-order valence-corrected chi connectivity index (χ2v) is 6.18. The van der Waals surface area contributed by atoms with Gasteiger partial charge < -0.3 is 10.0 Å². The monoisotopic (exact) mass is 339 g/mol. The minimum Gasteiger partial charge on any atom is -0.391 e. The quantitative estimate of drug-likeness (QED) is 0.856. The lowest BCUT2D eigenvalue weighted by Gasteiger charge is -2.20. The van der Waals surface area contributed by atoms with Crippen LogP contribution in [-0.4, -0.2) is 40.9 Å². The number of benzene rings is 1. The Kier molecular flexibility index (Phi) is 4.94. The van der Waals surface area contributed by atoms with Crippen molar-refractivity contribution in [3.63, 3.8) is 0 Å². The van der Waals surface area contributed by atoms with E-state index < -0.39 is 6.10 Å². The Labute approximate surface area is 126 Å². The van der Waals surface area contributed by atoms with Crippen LogP contribution in [0.4, 0.5) is 0 Å². The lowest BCUT2D eigenvalue weighted by molar-refractivity contribution is -0.134. The van der Waals surface area contributed by atoms with Crippen molar-refractivity contribution in [3.05, 3.63) is 34.3 Å². The number of Topliss-reactive ketones (excluding diaryl/α,β-unsaturated/α-hetero) is 1. The summed E-state index contributed by atoms with van der Waals surface area (Å²) in [6, 6.07) is 7.18. The molecule has 108 valence electrons. The maximum absolute atomic E-state index is 12.2. The number of halogens is 1. The molecule has 0 aromatic heterocycles. The van der Waals surface area contributed by atoms with Crippen molar-refractivity contribution in [1.82, 2.24) is 4.90 Å². The van der Waals surface area contributed by atoms with Crippen LogP contribution < -0.4 is 0 Å². The summed E-state index contributed by atoms with van der Waals surface area (Å²) >= 11 is 3.33. The number of carbonyl (C=O) groups is 2. The maximum Gasteiger partial charge on any atom is 0.225 e. The standard InChI is InChI=1S/C15H18BrNO3/c1-10(15(20)17-6-5-13(18)9-17)7-14(19)11-3-2-4-12(16)8-11/h2-4,8,10,13,18H,5-7,9H2,1H3/t10?,13-/m1/s1. The van der Waals surface area contributed by atoms with Crippen molar-refractivity contribution in [3.8, 4) is 0 Å². The molecule has 4 nitrogen and oxygen atoms in total. The highest BCUT2D eigenvalue weighted by Gasteiger charge is 2.28. The molecule has 1 unspecified atom stereocenters. The number of β-amino-alcohol motifs (C(OH)–C–C–N with tert-alkyl or cyclic N) is 1. The average Bonchev–Trinajstić information content (AvgIpc) is 2.84. The first-order valence-electron chi connectivity index (χ1n) is 6.73. The molecule has 1 aromatic rings. The molecule has 1 aliphatic rings.